The highest BCUT2D eigenvalue weighted by molar-refractivity contribution is 6.04. The zero-order valence-corrected chi connectivity index (χ0v) is 9.40. The smallest absolute Gasteiger partial charge is 0.119 e. The molecule has 16 heavy (non-hydrogen) atoms. The standard InChI is InChI=1S/C12H13NO3/c1-7-11(12(14)15)9-6-8(16-3)4-5-10(9)13(7)2/h4-6H,1-3H3,(H,14,15)/p-1. The van der Waals surface area contributed by atoms with Gasteiger partial charge in [-0.05, 0) is 25.1 Å². The molecule has 84 valence electrons. The van der Waals surface area contributed by atoms with E-state index in [1.807, 2.05) is 17.7 Å². The highest BCUT2D eigenvalue weighted by atomic mass is 16.5. The summed E-state index contributed by atoms with van der Waals surface area (Å²) in [6.07, 6.45) is 0. The van der Waals surface area contributed by atoms with Gasteiger partial charge in [-0.15, -0.1) is 0 Å². The first-order valence-electron chi connectivity index (χ1n) is 4.90. The number of carboxylic acids is 1. The zero-order valence-electron chi connectivity index (χ0n) is 9.40. The van der Waals surface area contributed by atoms with Gasteiger partial charge in [0.15, 0.2) is 0 Å². The van der Waals surface area contributed by atoms with E-state index < -0.39 is 5.97 Å². The van der Waals surface area contributed by atoms with Crippen LogP contribution in [0, 0.1) is 6.92 Å². The molecule has 1 aromatic heterocycles. The molecular weight excluding hydrogens is 206 g/mol. The molecule has 0 N–H and O–H groups in total. The van der Waals surface area contributed by atoms with Gasteiger partial charge in [0.1, 0.15) is 5.75 Å². The van der Waals surface area contributed by atoms with Crippen LogP contribution in [0.15, 0.2) is 18.2 Å². The molecule has 0 bridgehead atoms. The molecular formula is C12H12NO3-. The summed E-state index contributed by atoms with van der Waals surface area (Å²) in [6, 6.07) is 5.36. The van der Waals surface area contributed by atoms with Crippen molar-refractivity contribution in [3.05, 3.63) is 29.5 Å². The number of fused-ring (bicyclic) bond motifs is 1. The van der Waals surface area contributed by atoms with Gasteiger partial charge in [-0.1, -0.05) is 0 Å². The number of carbonyl (C=O) groups excluding carboxylic acids is 1. The average Bonchev–Trinajstić information content (AvgIpc) is 2.51. The van der Waals surface area contributed by atoms with Crippen LogP contribution in [-0.4, -0.2) is 17.6 Å². The van der Waals surface area contributed by atoms with Crippen molar-refractivity contribution in [1.82, 2.24) is 4.57 Å². The number of aromatic carboxylic acids is 1. The first kappa shape index (κ1) is 10.5. The van der Waals surface area contributed by atoms with Crippen LogP contribution in [0.2, 0.25) is 0 Å². The maximum atomic E-state index is 11.1. The van der Waals surface area contributed by atoms with E-state index >= 15 is 0 Å². The van der Waals surface area contributed by atoms with Gasteiger partial charge in [-0.25, -0.2) is 0 Å². The number of methoxy groups -OCH3 is 1. The van der Waals surface area contributed by atoms with Crippen LogP contribution < -0.4 is 9.84 Å². The predicted octanol–water partition coefficient (Wildman–Crippen LogP) is 0.859. The molecule has 2 aromatic rings. The maximum Gasteiger partial charge on any atom is 0.119 e. The van der Waals surface area contributed by atoms with E-state index in [2.05, 4.69) is 0 Å². The Morgan fingerprint density at radius 3 is 2.69 bits per heavy atom. The third-order valence-corrected chi connectivity index (χ3v) is 2.90. The second kappa shape index (κ2) is 3.56. The van der Waals surface area contributed by atoms with E-state index in [1.165, 1.54) is 0 Å². The molecule has 1 heterocycles. The molecule has 0 aliphatic heterocycles. The molecule has 0 aliphatic rings. The zero-order chi connectivity index (χ0) is 11.9. The van der Waals surface area contributed by atoms with E-state index in [4.69, 9.17) is 4.74 Å². The van der Waals surface area contributed by atoms with E-state index in [0.717, 1.165) is 5.52 Å². The first-order valence-corrected chi connectivity index (χ1v) is 4.90. The van der Waals surface area contributed by atoms with Crippen molar-refractivity contribution in [2.45, 2.75) is 6.92 Å². The summed E-state index contributed by atoms with van der Waals surface area (Å²) in [5.41, 5.74) is 1.78. The van der Waals surface area contributed by atoms with E-state index in [9.17, 15) is 9.90 Å². The van der Waals surface area contributed by atoms with Gasteiger partial charge in [0.25, 0.3) is 0 Å². The predicted molar refractivity (Wildman–Crippen MR) is 58.5 cm³/mol. The van der Waals surface area contributed by atoms with Gasteiger partial charge in [0, 0.05) is 29.2 Å². The van der Waals surface area contributed by atoms with Crippen LogP contribution in [0.3, 0.4) is 0 Å². The molecule has 0 aliphatic carbocycles. The largest absolute Gasteiger partial charge is 0.545 e. The lowest BCUT2D eigenvalue weighted by Gasteiger charge is -2.03. The van der Waals surface area contributed by atoms with E-state index in [-0.39, 0.29) is 5.56 Å². The first-order chi connectivity index (χ1) is 7.56. The highest BCUT2D eigenvalue weighted by Crippen LogP contribution is 2.27. The number of aryl methyl sites for hydroxylation is 1. The van der Waals surface area contributed by atoms with Gasteiger partial charge in [0.05, 0.1) is 13.1 Å². The van der Waals surface area contributed by atoms with Crippen LogP contribution >= 0.6 is 0 Å². The lowest BCUT2D eigenvalue weighted by Crippen LogP contribution is -2.23. The molecule has 0 amide bonds. The number of aromatic nitrogens is 1. The quantitative estimate of drug-likeness (QED) is 0.751. The number of hydrogen-bond acceptors (Lipinski definition) is 3. The molecule has 4 heteroatoms. The summed E-state index contributed by atoms with van der Waals surface area (Å²) in [5, 5.41) is 11.7. The molecule has 0 fully saturated rings. The number of hydrogen-bond donors (Lipinski definition) is 0. The minimum Gasteiger partial charge on any atom is -0.545 e. The van der Waals surface area contributed by atoms with E-state index in [1.54, 1.807) is 26.2 Å². The summed E-state index contributed by atoms with van der Waals surface area (Å²) >= 11 is 0. The molecule has 0 atom stereocenters. The lowest BCUT2D eigenvalue weighted by molar-refractivity contribution is -0.254. The number of carbonyl (C=O) groups is 1. The molecule has 0 saturated heterocycles. The minimum atomic E-state index is -1.16. The Morgan fingerprint density at radius 2 is 2.12 bits per heavy atom. The van der Waals surface area contributed by atoms with Crippen molar-refractivity contribution >= 4 is 16.9 Å². The Labute approximate surface area is 93.1 Å². The molecule has 1 aromatic carbocycles. The fourth-order valence-electron chi connectivity index (χ4n) is 1.94. The monoisotopic (exact) mass is 218 g/mol. The van der Waals surface area contributed by atoms with Crippen molar-refractivity contribution in [2.24, 2.45) is 7.05 Å². The fraction of sp³-hybridized carbons (Fsp3) is 0.250. The van der Waals surface area contributed by atoms with E-state index in [0.29, 0.717) is 16.8 Å². The maximum absolute atomic E-state index is 11.1. The van der Waals surface area contributed by atoms with Gasteiger partial charge < -0.3 is 19.2 Å². The summed E-state index contributed by atoms with van der Waals surface area (Å²) in [7, 11) is 3.38. The molecule has 0 spiro atoms. The van der Waals surface area contributed by atoms with Crippen LogP contribution in [0.1, 0.15) is 16.1 Å². The molecule has 0 saturated carbocycles. The number of rotatable bonds is 2. The number of nitrogens with zero attached hydrogens (tertiary/aromatic N) is 1. The Bertz CT molecular complexity index is 569. The highest BCUT2D eigenvalue weighted by Gasteiger charge is 2.13. The number of carboxylic acid groups (broad SMARTS) is 1. The molecule has 4 nitrogen and oxygen atoms in total. The second-order valence-corrected chi connectivity index (χ2v) is 3.69. The summed E-state index contributed by atoms with van der Waals surface area (Å²) in [6.45, 7) is 1.76. The van der Waals surface area contributed by atoms with Crippen molar-refractivity contribution in [3.8, 4) is 5.75 Å². The Balaban J connectivity index is 2.86. The third-order valence-electron chi connectivity index (χ3n) is 2.90. The third kappa shape index (κ3) is 1.34. The second-order valence-electron chi connectivity index (χ2n) is 3.69. The molecule has 0 unspecified atom stereocenters. The van der Waals surface area contributed by atoms with Gasteiger partial charge in [0.2, 0.25) is 0 Å². The Kier molecular flexibility index (Phi) is 2.34. The van der Waals surface area contributed by atoms with Crippen molar-refractivity contribution in [1.29, 1.82) is 0 Å². The Hall–Kier alpha value is -1.97. The van der Waals surface area contributed by atoms with Crippen LogP contribution in [0.4, 0.5) is 0 Å². The topological polar surface area (TPSA) is 54.3 Å². The summed E-state index contributed by atoms with van der Waals surface area (Å²) < 4.78 is 6.92. The number of ether oxygens (including phenoxy) is 1. The molecule has 2 rings (SSSR count). The van der Waals surface area contributed by atoms with Crippen molar-refractivity contribution in [2.75, 3.05) is 7.11 Å². The van der Waals surface area contributed by atoms with Gasteiger partial charge in [-0.3, -0.25) is 0 Å². The van der Waals surface area contributed by atoms with Crippen LogP contribution in [-0.2, 0) is 7.05 Å². The summed E-state index contributed by atoms with van der Waals surface area (Å²) in [4.78, 5) is 11.1. The fourth-order valence-corrected chi connectivity index (χ4v) is 1.94. The van der Waals surface area contributed by atoms with Gasteiger partial charge >= 0.3 is 0 Å². The van der Waals surface area contributed by atoms with Crippen molar-refractivity contribution in [3.63, 3.8) is 0 Å². The summed E-state index contributed by atoms with van der Waals surface area (Å²) in [5.74, 6) is -0.517. The van der Waals surface area contributed by atoms with Crippen molar-refractivity contribution < 1.29 is 14.6 Å². The van der Waals surface area contributed by atoms with Gasteiger partial charge in [-0.2, -0.15) is 0 Å². The normalized spacial score (nSPS) is 10.7. The Morgan fingerprint density at radius 1 is 1.44 bits per heavy atom. The lowest BCUT2D eigenvalue weighted by atomic mass is 10.1. The van der Waals surface area contributed by atoms with Crippen LogP contribution in [0.25, 0.3) is 10.9 Å². The molecule has 0 radical (unpaired) electrons. The number of benzene rings is 1. The SMILES string of the molecule is COc1ccc2c(c1)c(C(=O)[O-])c(C)n2C. The minimum absolute atomic E-state index is 0.233. The van der Waals surface area contributed by atoms with Crippen LogP contribution in [0.5, 0.6) is 5.75 Å². The average molecular weight is 218 g/mol.